The van der Waals surface area contributed by atoms with Crippen molar-refractivity contribution in [2.75, 3.05) is 19.6 Å². The summed E-state index contributed by atoms with van der Waals surface area (Å²) in [4.78, 5) is 0. The highest BCUT2D eigenvalue weighted by Crippen LogP contribution is 2.28. The van der Waals surface area contributed by atoms with E-state index in [9.17, 15) is 0 Å². The van der Waals surface area contributed by atoms with Crippen molar-refractivity contribution in [2.45, 2.75) is 51.5 Å². The second kappa shape index (κ2) is 5.86. The molecule has 1 heterocycles. The summed E-state index contributed by atoms with van der Waals surface area (Å²) in [7, 11) is 0. The minimum Gasteiger partial charge on any atom is -0.315 e. The van der Waals surface area contributed by atoms with Gasteiger partial charge in [-0.3, -0.25) is 0 Å². The van der Waals surface area contributed by atoms with Crippen molar-refractivity contribution >= 4 is 0 Å². The first kappa shape index (κ1) is 11.4. The fourth-order valence-corrected chi connectivity index (χ4v) is 3.04. The van der Waals surface area contributed by atoms with Crippen LogP contribution in [0.5, 0.6) is 0 Å². The maximum atomic E-state index is 3.76. The summed E-state index contributed by atoms with van der Waals surface area (Å²) in [6, 6.07) is 0.743. The molecule has 2 N–H and O–H groups in total. The normalized spacial score (nSPS) is 37.8. The number of hydrogen-bond acceptors (Lipinski definition) is 2. The van der Waals surface area contributed by atoms with E-state index in [0.29, 0.717) is 0 Å². The molecule has 1 aliphatic heterocycles. The topological polar surface area (TPSA) is 24.1 Å². The lowest BCUT2D eigenvalue weighted by Gasteiger charge is -2.32. The Hall–Kier alpha value is -0.0800. The van der Waals surface area contributed by atoms with E-state index in [4.69, 9.17) is 0 Å². The molecule has 0 spiro atoms. The average molecular weight is 210 g/mol. The number of rotatable bonds is 3. The maximum Gasteiger partial charge on any atom is 0.0193 e. The van der Waals surface area contributed by atoms with Crippen molar-refractivity contribution < 1.29 is 0 Å². The quantitative estimate of drug-likeness (QED) is 0.746. The Labute approximate surface area is 94.2 Å². The molecule has 0 aromatic heterocycles. The lowest BCUT2D eigenvalue weighted by Crippen LogP contribution is -2.45. The van der Waals surface area contributed by atoms with Gasteiger partial charge < -0.3 is 10.6 Å². The van der Waals surface area contributed by atoms with Crippen molar-refractivity contribution in [3.63, 3.8) is 0 Å². The van der Waals surface area contributed by atoms with Crippen LogP contribution in [-0.2, 0) is 0 Å². The Bertz CT molecular complexity index is 175. The summed E-state index contributed by atoms with van der Waals surface area (Å²) in [6.45, 7) is 6.09. The number of nitrogens with one attached hydrogen (secondary N) is 2. The van der Waals surface area contributed by atoms with Crippen LogP contribution in [0, 0.1) is 11.8 Å². The third-order valence-electron chi connectivity index (χ3n) is 4.25. The Morgan fingerprint density at radius 1 is 1.13 bits per heavy atom. The molecule has 2 fully saturated rings. The Morgan fingerprint density at radius 3 is 2.73 bits per heavy atom. The summed E-state index contributed by atoms with van der Waals surface area (Å²) < 4.78 is 0. The highest BCUT2D eigenvalue weighted by Gasteiger charge is 2.22. The molecular weight excluding hydrogens is 184 g/mol. The van der Waals surface area contributed by atoms with Gasteiger partial charge in [0, 0.05) is 12.6 Å². The maximum absolute atomic E-state index is 3.76. The van der Waals surface area contributed by atoms with Gasteiger partial charge in [0.25, 0.3) is 0 Å². The summed E-state index contributed by atoms with van der Waals surface area (Å²) in [5.74, 6) is 1.89. The van der Waals surface area contributed by atoms with Crippen LogP contribution >= 0.6 is 0 Å². The molecular formula is C13H26N2. The minimum atomic E-state index is 0.743. The predicted octanol–water partition coefficient (Wildman–Crippen LogP) is 2.15. The fourth-order valence-electron chi connectivity index (χ4n) is 3.04. The summed E-state index contributed by atoms with van der Waals surface area (Å²) in [5, 5.41) is 7.23. The minimum absolute atomic E-state index is 0.743. The van der Waals surface area contributed by atoms with Gasteiger partial charge in [0.1, 0.15) is 0 Å². The molecule has 0 aromatic rings. The van der Waals surface area contributed by atoms with Gasteiger partial charge in [-0.15, -0.1) is 0 Å². The SMILES string of the molecule is CC1CCCCC1CNC1CCCNC1. The Kier molecular flexibility index (Phi) is 4.45. The van der Waals surface area contributed by atoms with E-state index in [1.807, 2.05) is 0 Å². The van der Waals surface area contributed by atoms with Gasteiger partial charge in [-0.2, -0.15) is 0 Å². The molecule has 15 heavy (non-hydrogen) atoms. The van der Waals surface area contributed by atoms with E-state index in [2.05, 4.69) is 17.6 Å². The first-order chi connectivity index (χ1) is 7.36. The Morgan fingerprint density at radius 2 is 2.00 bits per heavy atom. The fraction of sp³-hybridized carbons (Fsp3) is 1.00. The molecule has 2 rings (SSSR count). The van der Waals surface area contributed by atoms with Crippen LogP contribution in [0.15, 0.2) is 0 Å². The van der Waals surface area contributed by atoms with E-state index in [0.717, 1.165) is 17.9 Å². The molecule has 0 aromatic carbocycles. The van der Waals surface area contributed by atoms with E-state index in [1.54, 1.807) is 0 Å². The van der Waals surface area contributed by atoms with E-state index >= 15 is 0 Å². The van der Waals surface area contributed by atoms with Gasteiger partial charge in [0.05, 0.1) is 0 Å². The second-order valence-electron chi connectivity index (χ2n) is 5.47. The molecule has 0 bridgehead atoms. The first-order valence-corrected chi connectivity index (χ1v) is 6.80. The van der Waals surface area contributed by atoms with Crippen molar-refractivity contribution in [3.8, 4) is 0 Å². The molecule has 1 saturated heterocycles. The second-order valence-corrected chi connectivity index (χ2v) is 5.47. The highest BCUT2D eigenvalue weighted by atomic mass is 15.0. The van der Waals surface area contributed by atoms with Gasteiger partial charge in [-0.1, -0.05) is 26.2 Å². The summed E-state index contributed by atoms with van der Waals surface area (Å²) >= 11 is 0. The van der Waals surface area contributed by atoms with Gasteiger partial charge in [-0.25, -0.2) is 0 Å². The van der Waals surface area contributed by atoms with Gasteiger partial charge in [0.2, 0.25) is 0 Å². The highest BCUT2D eigenvalue weighted by molar-refractivity contribution is 4.79. The van der Waals surface area contributed by atoms with Crippen molar-refractivity contribution in [1.82, 2.24) is 10.6 Å². The van der Waals surface area contributed by atoms with Crippen LogP contribution < -0.4 is 10.6 Å². The van der Waals surface area contributed by atoms with Gasteiger partial charge in [0.15, 0.2) is 0 Å². The third-order valence-corrected chi connectivity index (χ3v) is 4.25. The van der Waals surface area contributed by atoms with Crippen LogP contribution in [-0.4, -0.2) is 25.7 Å². The molecule has 88 valence electrons. The zero-order chi connectivity index (χ0) is 10.5. The number of piperidine rings is 1. The van der Waals surface area contributed by atoms with Crippen LogP contribution in [0.1, 0.15) is 45.4 Å². The third kappa shape index (κ3) is 3.46. The first-order valence-electron chi connectivity index (χ1n) is 6.80. The molecule has 2 heteroatoms. The number of hydrogen-bond donors (Lipinski definition) is 2. The molecule has 2 nitrogen and oxygen atoms in total. The van der Waals surface area contributed by atoms with E-state index in [-0.39, 0.29) is 0 Å². The molecule has 1 saturated carbocycles. The van der Waals surface area contributed by atoms with Crippen molar-refractivity contribution in [3.05, 3.63) is 0 Å². The van der Waals surface area contributed by atoms with Crippen LogP contribution in [0.4, 0.5) is 0 Å². The molecule has 3 atom stereocenters. The van der Waals surface area contributed by atoms with Crippen LogP contribution in [0.3, 0.4) is 0 Å². The summed E-state index contributed by atoms with van der Waals surface area (Å²) in [6.07, 6.45) is 8.54. The molecule has 3 unspecified atom stereocenters. The van der Waals surface area contributed by atoms with E-state index < -0.39 is 0 Å². The predicted molar refractivity (Wildman–Crippen MR) is 65.0 cm³/mol. The van der Waals surface area contributed by atoms with Gasteiger partial charge in [-0.05, 0) is 44.2 Å². The van der Waals surface area contributed by atoms with Gasteiger partial charge >= 0.3 is 0 Å². The lowest BCUT2D eigenvalue weighted by atomic mass is 9.80. The molecule has 0 radical (unpaired) electrons. The largest absolute Gasteiger partial charge is 0.315 e. The van der Waals surface area contributed by atoms with Crippen molar-refractivity contribution in [1.29, 1.82) is 0 Å². The van der Waals surface area contributed by atoms with Crippen molar-refractivity contribution in [2.24, 2.45) is 11.8 Å². The van der Waals surface area contributed by atoms with E-state index in [1.165, 1.54) is 58.2 Å². The molecule has 0 amide bonds. The monoisotopic (exact) mass is 210 g/mol. The van der Waals surface area contributed by atoms with Crippen LogP contribution in [0.25, 0.3) is 0 Å². The lowest BCUT2D eigenvalue weighted by molar-refractivity contribution is 0.234. The zero-order valence-corrected chi connectivity index (χ0v) is 10.1. The summed E-state index contributed by atoms with van der Waals surface area (Å²) in [5.41, 5.74) is 0. The smallest absolute Gasteiger partial charge is 0.0193 e. The van der Waals surface area contributed by atoms with Crippen LogP contribution in [0.2, 0.25) is 0 Å². The average Bonchev–Trinajstić information content (AvgIpc) is 2.29. The molecule has 1 aliphatic carbocycles. The zero-order valence-electron chi connectivity index (χ0n) is 10.1. The Balaban J connectivity index is 1.67. The standard InChI is InChI=1S/C13H26N2/c1-11-5-2-3-6-12(11)9-15-13-7-4-8-14-10-13/h11-15H,2-10H2,1H3. The molecule has 2 aliphatic rings.